The zero-order valence-corrected chi connectivity index (χ0v) is 10.3. The average molecular weight is 230 g/mol. The predicted octanol–water partition coefficient (Wildman–Crippen LogP) is 2.05. The molecule has 1 atom stereocenters. The van der Waals surface area contributed by atoms with E-state index < -0.39 is 5.60 Å². The third-order valence-electron chi connectivity index (χ3n) is 2.95. The van der Waals surface area contributed by atoms with E-state index in [-0.39, 0.29) is 0 Å². The minimum Gasteiger partial charge on any atom is -0.384 e. The molecule has 1 aromatic heterocycles. The molecule has 1 unspecified atom stereocenters. The van der Waals surface area contributed by atoms with Gasteiger partial charge in [-0.15, -0.1) is 0 Å². The van der Waals surface area contributed by atoms with Crippen molar-refractivity contribution in [2.45, 2.75) is 19.4 Å². The molecule has 0 saturated carbocycles. The molecule has 0 saturated heterocycles. The maximum Gasteiger partial charge on any atom is 0.0998 e. The highest BCUT2D eigenvalue weighted by molar-refractivity contribution is 5.82. The van der Waals surface area contributed by atoms with E-state index in [1.54, 1.807) is 6.20 Å². The molecule has 0 aliphatic carbocycles. The average Bonchev–Trinajstić information content (AvgIpc) is 2.36. The monoisotopic (exact) mass is 230 g/mol. The van der Waals surface area contributed by atoms with Gasteiger partial charge in [-0.3, -0.25) is 4.98 Å². The molecule has 2 aromatic rings. The first-order valence-corrected chi connectivity index (χ1v) is 5.92. The molecule has 90 valence electrons. The Bertz CT molecular complexity index is 503. The van der Waals surface area contributed by atoms with Crippen LogP contribution in [-0.4, -0.2) is 23.2 Å². The summed E-state index contributed by atoms with van der Waals surface area (Å²) in [4.78, 5) is 4.30. The number of hydrogen-bond donors (Lipinski definition) is 2. The Morgan fingerprint density at radius 2 is 2.12 bits per heavy atom. The van der Waals surface area contributed by atoms with E-state index >= 15 is 0 Å². The van der Waals surface area contributed by atoms with Gasteiger partial charge in [0.25, 0.3) is 0 Å². The molecule has 0 aliphatic heterocycles. The predicted molar refractivity (Wildman–Crippen MR) is 69.9 cm³/mol. The molecule has 0 fully saturated rings. The van der Waals surface area contributed by atoms with Gasteiger partial charge in [-0.05, 0) is 31.2 Å². The standard InChI is InChI=1S/C14H18N2O/c1-3-15-10-14(2,17)12-7-4-8-13-11(12)6-5-9-16-13/h4-9,15,17H,3,10H2,1-2H3. The van der Waals surface area contributed by atoms with E-state index in [9.17, 15) is 5.11 Å². The zero-order valence-electron chi connectivity index (χ0n) is 10.3. The molecule has 1 heterocycles. The number of aliphatic hydroxyl groups is 1. The maximum atomic E-state index is 10.5. The topological polar surface area (TPSA) is 45.1 Å². The SMILES string of the molecule is CCNCC(C)(O)c1cccc2ncccc12. The fraction of sp³-hybridized carbons (Fsp3) is 0.357. The molecule has 0 radical (unpaired) electrons. The molecule has 17 heavy (non-hydrogen) atoms. The van der Waals surface area contributed by atoms with Crippen LogP contribution in [0.2, 0.25) is 0 Å². The highest BCUT2D eigenvalue weighted by Crippen LogP contribution is 2.27. The van der Waals surface area contributed by atoms with Crippen molar-refractivity contribution < 1.29 is 5.11 Å². The van der Waals surface area contributed by atoms with Gasteiger partial charge in [0, 0.05) is 18.1 Å². The first-order valence-electron chi connectivity index (χ1n) is 5.92. The molecule has 3 nitrogen and oxygen atoms in total. The largest absolute Gasteiger partial charge is 0.384 e. The Balaban J connectivity index is 2.47. The van der Waals surface area contributed by atoms with Crippen LogP contribution in [0.1, 0.15) is 19.4 Å². The van der Waals surface area contributed by atoms with Gasteiger partial charge >= 0.3 is 0 Å². The zero-order chi connectivity index (χ0) is 12.3. The second-order valence-electron chi connectivity index (χ2n) is 4.43. The normalized spacial score (nSPS) is 14.8. The fourth-order valence-electron chi connectivity index (χ4n) is 2.04. The van der Waals surface area contributed by atoms with Crippen LogP contribution in [-0.2, 0) is 5.60 Å². The molecular weight excluding hydrogens is 212 g/mol. The van der Waals surface area contributed by atoms with Gasteiger partial charge in [-0.25, -0.2) is 0 Å². The van der Waals surface area contributed by atoms with E-state index in [2.05, 4.69) is 10.3 Å². The van der Waals surface area contributed by atoms with Crippen molar-refractivity contribution in [3.63, 3.8) is 0 Å². The lowest BCUT2D eigenvalue weighted by atomic mass is 9.92. The van der Waals surface area contributed by atoms with Gasteiger partial charge < -0.3 is 10.4 Å². The van der Waals surface area contributed by atoms with Crippen molar-refractivity contribution in [1.29, 1.82) is 0 Å². The van der Waals surface area contributed by atoms with Crippen LogP contribution in [0, 0.1) is 0 Å². The van der Waals surface area contributed by atoms with E-state index in [1.165, 1.54) is 0 Å². The van der Waals surface area contributed by atoms with Crippen molar-refractivity contribution in [1.82, 2.24) is 10.3 Å². The van der Waals surface area contributed by atoms with Crippen LogP contribution in [0.3, 0.4) is 0 Å². The Morgan fingerprint density at radius 1 is 1.29 bits per heavy atom. The molecule has 0 bridgehead atoms. The summed E-state index contributed by atoms with van der Waals surface area (Å²) in [6.07, 6.45) is 1.77. The van der Waals surface area contributed by atoms with Gasteiger partial charge in [-0.2, -0.15) is 0 Å². The lowest BCUT2D eigenvalue weighted by Gasteiger charge is -2.25. The number of nitrogens with zero attached hydrogens (tertiary/aromatic N) is 1. The number of likely N-dealkylation sites (N-methyl/N-ethyl adjacent to an activating group) is 1. The Kier molecular flexibility index (Phi) is 3.41. The van der Waals surface area contributed by atoms with Gasteiger partial charge in [0.05, 0.1) is 11.1 Å². The van der Waals surface area contributed by atoms with Crippen molar-refractivity contribution >= 4 is 10.9 Å². The van der Waals surface area contributed by atoms with Crippen LogP contribution in [0.15, 0.2) is 36.5 Å². The lowest BCUT2D eigenvalue weighted by molar-refractivity contribution is 0.0591. The molecule has 0 aliphatic rings. The molecule has 0 spiro atoms. The van der Waals surface area contributed by atoms with E-state index in [1.807, 2.05) is 44.2 Å². The van der Waals surface area contributed by atoms with E-state index in [4.69, 9.17) is 0 Å². The van der Waals surface area contributed by atoms with Crippen LogP contribution in [0.25, 0.3) is 10.9 Å². The van der Waals surface area contributed by atoms with Crippen LogP contribution in [0.5, 0.6) is 0 Å². The summed E-state index contributed by atoms with van der Waals surface area (Å²) in [5, 5.41) is 14.7. The van der Waals surface area contributed by atoms with Crippen LogP contribution < -0.4 is 5.32 Å². The molecule has 2 rings (SSSR count). The minimum absolute atomic E-state index is 0.539. The van der Waals surface area contributed by atoms with Crippen molar-refractivity contribution in [2.24, 2.45) is 0 Å². The quantitative estimate of drug-likeness (QED) is 0.845. The number of fused-ring (bicyclic) bond motifs is 1. The molecule has 3 heteroatoms. The van der Waals surface area contributed by atoms with Crippen LogP contribution >= 0.6 is 0 Å². The van der Waals surface area contributed by atoms with Gasteiger partial charge in [0.2, 0.25) is 0 Å². The van der Waals surface area contributed by atoms with Gasteiger partial charge in [0.15, 0.2) is 0 Å². The van der Waals surface area contributed by atoms with Crippen molar-refractivity contribution in [3.8, 4) is 0 Å². The fourth-order valence-corrected chi connectivity index (χ4v) is 2.04. The molecule has 1 aromatic carbocycles. The Morgan fingerprint density at radius 3 is 2.88 bits per heavy atom. The second kappa shape index (κ2) is 4.82. The van der Waals surface area contributed by atoms with Crippen molar-refractivity contribution in [2.75, 3.05) is 13.1 Å². The smallest absolute Gasteiger partial charge is 0.0998 e. The summed E-state index contributed by atoms with van der Waals surface area (Å²) in [7, 11) is 0. The summed E-state index contributed by atoms with van der Waals surface area (Å²) >= 11 is 0. The van der Waals surface area contributed by atoms with Gasteiger partial charge in [0.1, 0.15) is 0 Å². The first-order chi connectivity index (χ1) is 8.15. The summed E-state index contributed by atoms with van der Waals surface area (Å²) in [5.74, 6) is 0. The minimum atomic E-state index is -0.876. The lowest BCUT2D eigenvalue weighted by Crippen LogP contribution is -2.35. The molecule has 2 N–H and O–H groups in total. The van der Waals surface area contributed by atoms with E-state index in [0.29, 0.717) is 6.54 Å². The number of benzene rings is 1. The summed E-state index contributed by atoms with van der Waals surface area (Å²) in [5.41, 5.74) is 0.962. The maximum absolute atomic E-state index is 10.5. The highest BCUT2D eigenvalue weighted by Gasteiger charge is 2.24. The van der Waals surface area contributed by atoms with Crippen molar-refractivity contribution in [3.05, 3.63) is 42.1 Å². The Labute approximate surface area is 102 Å². The summed E-state index contributed by atoms with van der Waals surface area (Å²) in [6.45, 7) is 5.24. The second-order valence-corrected chi connectivity index (χ2v) is 4.43. The third kappa shape index (κ3) is 2.46. The number of pyridine rings is 1. The Hall–Kier alpha value is -1.45. The summed E-state index contributed by atoms with van der Waals surface area (Å²) in [6, 6.07) is 9.75. The number of hydrogen-bond acceptors (Lipinski definition) is 3. The first kappa shape index (κ1) is 12.0. The number of aromatic nitrogens is 1. The molecule has 0 amide bonds. The number of rotatable bonds is 4. The highest BCUT2D eigenvalue weighted by atomic mass is 16.3. The molecular formula is C14H18N2O. The van der Waals surface area contributed by atoms with Gasteiger partial charge in [-0.1, -0.05) is 25.1 Å². The summed E-state index contributed by atoms with van der Waals surface area (Å²) < 4.78 is 0. The van der Waals surface area contributed by atoms with Crippen LogP contribution in [0.4, 0.5) is 0 Å². The third-order valence-corrected chi connectivity index (χ3v) is 2.95. The van der Waals surface area contributed by atoms with E-state index in [0.717, 1.165) is 23.0 Å². The number of nitrogens with one attached hydrogen (secondary N) is 1.